The molecule has 3 heteroatoms. The smallest absolute Gasteiger partial charge is 0.0673 e. The summed E-state index contributed by atoms with van der Waals surface area (Å²) >= 11 is 0. The number of aromatic amines is 1. The van der Waals surface area contributed by atoms with Gasteiger partial charge in [0.15, 0.2) is 0 Å². The Morgan fingerprint density at radius 1 is 1.67 bits per heavy atom. The largest absolute Gasteiger partial charge is 0.390 e. The molecule has 0 aliphatic rings. The van der Waals surface area contributed by atoms with Crippen LogP contribution in [0.1, 0.15) is 31.7 Å². The Kier molecular flexibility index (Phi) is 2.52. The van der Waals surface area contributed by atoms with Gasteiger partial charge in [0.25, 0.3) is 0 Å². The molecule has 0 spiro atoms. The molecule has 0 aliphatic carbocycles. The van der Waals surface area contributed by atoms with Crippen molar-refractivity contribution in [2.24, 2.45) is 0 Å². The Labute approximate surface area is 72.8 Å². The van der Waals surface area contributed by atoms with E-state index >= 15 is 0 Å². The molecule has 0 aliphatic heterocycles. The number of nitrogens with one attached hydrogen (secondary N) is 1. The summed E-state index contributed by atoms with van der Waals surface area (Å²) in [5, 5.41) is 16.7. The van der Waals surface area contributed by atoms with E-state index in [9.17, 15) is 5.11 Å². The van der Waals surface area contributed by atoms with E-state index in [1.165, 1.54) is 0 Å². The highest BCUT2D eigenvalue weighted by molar-refractivity contribution is 5.08. The lowest BCUT2D eigenvalue weighted by atomic mass is 9.97. The topological polar surface area (TPSA) is 48.9 Å². The van der Waals surface area contributed by atoms with Crippen LogP contribution >= 0.6 is 0 Å². The first-order valence-corrected chi connectivity index (χ1v) is 4.27. The highest BCUT2D eigenvalue weighted by Crippen LogP contribution is 2.14. The number of rotatable bonds is 3. The molecule has 1 rings (SSSR count). The molecular weight excluding hydrogens is 152 g/mol. The molecule has 1 aromatic heterocycles. The molecule has 0 fully saturated rings. The van der Waals surface area contributed by atoms with Gasteiger partial charge in [-0.05, 0) is 26.3 Å². The van der Waals surface area contributed by atoms with Crippen LogP contribution in [0.25, 0.3) is 0 Å². The molecule has 0 saturated heterocycles. The molecule has 0 aromatic carbocycles. The quantitative estimate of drug-likeness (QED) is 0.717. The minimum atomic E-state index is -0.623. The summed E-state index contributed by atoms with van der Waals surface area (Å²) in [6, 6.07) is 1.96. The molecule has 1 atom stereocenters. The van der Waals surface area contributed by atoms with Gasteiger partial charge in [0.05, 0.1) is 11.3 Å². The van der Waals surface area contributed by atoms with Crippen molar-refractivity contribution >= 4 is 0 Å². The van der Waals surface area contributed by atoms with Crippen molar-refractivity contribution in [1.82, 2.24) is 10.2 Å². The van der Waals surface area contributed by atoms with Crippen molar-refractivity contribution in [3.8, 4) is 0 Å². The van der Waals surface area contributed by atoms with Gasteiger partial charge in [-0.2, -0.15) is 5.10 Å². The first-order valence-electron chi connectivity index (χ1n) is 4.27. The highest BCUT2D eigenvalue weighted by atomic mass is 16.3. The number of hydrogen-bond donors (Lipinski definition) is 2. The number of aromatic nitrogens is 2. The molecule has 1 unspecified atom stereocenters. The molecule has 0 radical (unpaired) electrons. The Morgan fingerprint density at radius 3 is 2.75 bits per heavy atom. The summed E-state index contributed by atoms with van der Waals surface area (Å²) in [5.41, 5.74) is 1.35. The van der Waals surface area contributed by atoms with E-state index in [-0.39, 0.29) is 0 Å². The van der Waals surface area contributed by atoms with Crippen LogP contribution in [0.2, 0.25) is 0 Å². The summed E-state index contributed by atoms with van der Waals surface area (Å²) < 4.78 is 0. The summed E-state index contributed by atoms with van der Waals surface area (Å²) in [4.78, 5) is 0. The summed E-state index contributed by atoms with van der Waals surface area (Å²) in [7, 11) is 0. The maximum Gasteiger partial charge on any atom is 0.0673 e. The molecule has 12 heavy (non-hydrogen) atoms. The van der Waals surface area contributed by atoms with Gasteiger partial charge < -0.3 is 5.11 Å². The Hall–Kier alpha value is -0.830. The minimum Gasteiger partial charge on any atom is -0.390 e. The van der Waals surface area contributed by atoms with Crippen LogP contribution in [0.5, 0.6) is 0 Å². The van der Waals surface area contributed by atoms with Crippen molar-refractivity contribution in [2.75, 3.05) is 0 Å². The predicted molar refractivity (Wildman–Crippen MR) is 47.9 cm³/mol. The van der Waals surface area contributed by atoms with Gasteiger partial charge in [-0.1, -0.05) is 6.92 Å². The second-order valence-corrected chi connectivity index (χ2v) is 3.57. The van der Waals surface area contributed by atoms with E-state index in [0.29, 0.717) is 6.42 Å². The van der Waals surface area contributed by atoms with E-state index in [1.807, 2.05) is 26.8 Å². The number of aliphatic hydroxyl groups is 1. The van der Waals surface area contributed by atoms with Gasteiger partial charge in [0.2, 0.25) is 0 Å². The van der Waals surface area contributed by atoms with Gasteiger partial charge >= 0.3 is 0 Å². The van der Waals surface area contributed by atoms with Crippen LogP contribution in [0.3, 0.4) is 0 Å². The summed E-state index contributed by atoms with van der Waals surface area (Å²) in [6.07, 6.45) is 1.37. The van der Waals surface area contributed by atoms with E-state index in [4.69, 9.17) is 0 Å². The molecule has 1 aromatic rings. The summed E-state index contributed by atoms with van der Waals surface area (Å²) in [5.74, 6) is 0. The van der Waals surface area contributed by atoms with Crippen molar-refractivity contribution in [2.45, 2.75) is 39.2 Å². The van der Waals surface area contributed by atoms with Crippen molar-refractivity contribution in [3.05, 3.63) is 17.5 Å². The van der Waals surface area contributed by atoms with Crippen LogP contribution in [-0.4, -0.2) is 20.9 Å². The van der Waals surface area contributed by atoms with Crippen LogP contribution in [0, 0.1) is 6.92 Å². The first-order chi connectivity index (χ1) is 5.53. The second kappa shape index (κ2) is 3.27. The standard InChI is InChI=1S/C9H16N2O/c1-4-9(3,12)6-8-5-7(2)10-11-8/h5,12H,4,6H2,1-3H3,(H,10,11). The van der Waals surface area contributed by atoms with Crippen LogP contribution in [-0.2, 0) is 6.42 Å². The van der Waals surface area contributed by atoms with E-state index in [2.05, 4.69) is 10.2 Å². The normalized spacial score (nSPS) is 16.0. The third-order valence-electron chi connectivity index (χ3n) is 2.08. The molecule has 0 bridgehead atoms. The van der Waals surface area contributed by atoms with Gasteiger partial charge in [0, 0.05) is 12.1 Å². The molecule has 68 valence electrons. The maximum absolute atomic E-state index is 9.73. The lowest BCUT2D eigenvalue weighted by Gasteiger charge is -2.19. The number of nitrogens with zero attached hydrogens (tertiary/aromatic N) is 1. The van der Waals surface area contributed by atoms with Crippen LogP contribution < -0.4 is 0 Å². The SMILES string of the molecule is CCC(C)(O)Cc1cc(C)[nH]n1. The van der Waals surface area contributed by atoms with Gasteiger partial charge in [0.1, 0.15) is 0 Å². The fraction of sp³-hybridized carbons (Fsp3) is 0.667. The van der Waals surface area contributed by atoms with Crippen molar-refractivity contribution in [3.63, 3.8) is 0 Å². The monoisotopic (exact) mass is 168 g/mol. The second-order valence-electron chi connectivity index (χ2n) is 3.57. The lowest BCUT2D eigenvalue weighted by molar-refractivity contribution is 0.0554. The molecule has 1 heterocycles. The lowest BCUT2D eigenvalue weighted by Crippen LogP contribution is -2.25. The Bertz CT molecular complexity index is 253. The Morgan fingerprint density at radius 2 is 2.33 bits per heavy atom. The van der Waals surface area contributed by atoms with E-state index in [0.717, 1.165) is 17.8 Å². The molecule has 2 N–H and O–H groups in total. The third-order valence-corrected chi connectivity index (χ3v) is 2.08. The fourth-order valence-corrected chi connectivity index (χ4v) is 1.08. The molecular formula is C9H16N2O. The zero-order chi connectivity index (χ0) is 9.19. The van der Waals surface area contributed by atoms with E-state index < -0.39 is 5.60 Å². The number of hydrogen-bond acceptors (Lipinski definition) is 2. The number of H-pyrrole nitrogens is 1. The van der Waals surface area contributed by atoms with Crippen LogP contribution in [0.4, 0.5) is 0 Å². The minimum absolute atomic E-state index is 0.619. The Balaban J connectivity index is 2.63. The predicted octanol–water partition coefficient (Wildman–Crippen LogP) is 1.42. The molecule has 0 amide bonds. The van der Waals surface area contributed by atoms with Gasteiger partial charge in [-0.25, -0.2) is 0 Å². The fourth-order valence-electron chi connectivity index (χ4n) is 1.08. The third kappa shape index (κ3) is 2.34. The molecule has 3 nitrogen and oxygen atoms in total. The van der Waals surface area contributed by atoms with Crippen LogP contribution in [0.15, 0.2) is 6.07 Å². The highest BCUT2D eigenvalue weighted by Gasteiger charge is 2.19. The van der Waals surface area contributed by atoms with E-state index in [1.54, 1.807) is 0 Å². The maximum atomic E-state index is 9.73. The van der Waals surface area contributed by atoms with Gasteiger partial charge in [-0.15, -0.1) is 0 Å². The zero-order valence-corrected chi connectivity index (χ0v) is 7.89. The molecule has 0 saturated carbocycles. The average Bonchev–Trinajstić information content (AvgIpc) is 2.35. The summed E-state index contributed by atoms with van der Waals surface area (Å²) in [6.45, 7) is 5.76. The first kappa shape index (κ1) is 9.26. The number of aryl methyl sites for hydroxylation is 1. The van der Waals surface area contributed by atoms with Gasteiger partial charge in [-0.3, -0.25) is 5.10 Å². The average molecular weight is 168 g/mol. The van der Waals surface area contributed by atoms with Crippen molar-refractivity contribution in [1.29, 1.82) is 0 Å². The zero-order valence-electron chi connectivity index (χ0n) is 7.89. The van der Waals surface area contributed by atoms with Crippen molar-refractivity contribution < 1.29 is 5.11 Å².